The lowest BCUT2D eigenvalue weighted by Crippen LogP contribution is -2.17. The van der Waals surface area contributed by atoms with Gasteiger partial charge in [0.1, 0.15) is 5.82 Å². The number of ether oxygens (including phenoxy) is 1. The van der Waals surface area contributed by atoms with Crippen molar-refractivity contribution in [3.05, 3.63) is 35.1 Å². The Morgan fingerprint density at radius 3 is 2.73 bits per heavy atom. The van der Waals surface area contributed by atoms with Crippen LogP contribution in [0, 0.1) is 5.82 Å². The first kappa shape index (κ1) is 10.6. The summed E-state index contributed by atoms with van der Waals surface area (Å²) in [6, 6.07) is 5.23. The zero-order valence-electron chi connectivity index (χ0n) is 8.71. The van der Waals surface area contributed by atoms with Crippen LogP contribution >= 0.6 is 0 Å². The Morgan fingerprint density at radius 1 is 1.33 bits per heavy atom. The van der Waals surface area contributed by atoms with Crippen molar-refractivity contribution in [3.63, 3.8) is 0 Å². The molecule has 1 heterocycles. The number of hydrogen-bond donors (Lipinski definition) is 1. The molecule has 1 aliphatic heterocycles. The third-order valence-corrected chi connectivity index (χ3v) is 3.02. The Bertz CT molecular complexity index is 334. The second-order valence-corrected chi connectivity index (χ2v) is 3.90. The van der Waals surface area contributed by atoms with Crippen LogP contribution in [0.3, 0.4) is 0 Å². The molecular formula is C12H16FNO. The Balaban J connectivity index is 2.29. The van der Waals surface area contributed by atoms with Crippen LogP contribution in [0.4, 0.5) is 4.39 Å². The first-order chi connectivity index (χ1) is 7.33. The molecule has 15 heavy (non-hydrogen) atoms. The summed E-state index contributed by atoms with van der Waals surface area (Å²) in [5.74, 6) is 0.231. The maximum atomic E-state index is 13.5. The van der Waals surface area contributed by atoms with Gasteiger partial charge < -0.3 is 10.5 Å². The molecule has 1 aromatic rings. The highest BCUT2D eigenvalue weighted by Gasteiger charge is 2.19. The molecule has 0 spiro atoms. The van der Waals surface area contributed by atoms with E-state index in [0.29, 0.717) is 11.5 Å². The fourth-order valence-electron chi connectivity index (χ4n) is 2.18. The fraction of sp³-hybridized carbons (Fsp3) is 0.500. The van der Waals surface area contributed by atoms with E-state index in [2.05, 4.69) is 0 Å². The lowest BCUT2D eigenvalue weighted by Gasteiger charge is -2.24. The molecule has 2 N–H and O–H groups in total. The van der Waals surface area contributed by atoms with Crippen molar-refractivity contribution in [1.29, 1.82) is 0 Å². The van der Waals surface area contributed by atoms with E-state index in [1.165, 1.54) is 6.07 Å². The summed E-state index contributed by atoms with van der Waals surface area (Å²) in [6.45, 7) is 1.82. The lowest BCUT2D eigenvalue weighted by atomic mass is 9.88. The first-order valence-corrected chi connectivity index (χ1v) is 5.38. The first-order valence-electron chi connectivity index (χ1n) is 5.38. The predicted octanol–water partition coefficient (Wildman–Crippen LogP) is 2.18. The molecule has 0 aromatic heterocycles. The second-order valence-electron chi connectivity index (χ2n) is 3.90. The normalized spacial score (nSPS) is 18.0. The third-order valence-electron chi connectivity index (χ3n) is 3.02. The van der Waals surface area contributed by atoms with Gasteiger partial charge in [-0.2, -0.15) is 0 Å². The molecule has 0 aliphatic carbocycles. The Hall–Kier alpha value is -0.930. The minimum Gasteiger partial charge on any atom is -0.381 e. The summed E-state index contributed by atoms with van der Waals surface area (Å²) < 4.78 is 18.8. The average Bonchev–Trinajstić information content (AvgIpc) is 2.30. The van der Waals surface area contributed by atoms with E-state index < -0.39 is 0 Å². The Morgan fingerprint density at radius 2 is 2.07 bits per heavy atom. The summed E-state index contributed by atoms with van der Waals surface area (Å²) in [6.07, 6.45) is 1.94. The van der Waals surface area contributed by atoms with Crippen molar-refractivity contribution in [2.45, 2.75) is 25.3 Å². The SMILES string of the molecule is NCc1c(F)cccc1C1CCOCC1. The Kier molecular flexibility index (Phi) is 3.34. The summed E-state index contributed by atoms with van der Waals surface area (Å²) in [5, 5.41) is 0. The van der Waals surface area contributed by atoms with Gasteiger partial charge in [0.2, 0.25) is 0 Å². The van der Waals surface area contributed by atoms with Crippen molar-refractivity contribution >= 4 is 0 Å². The fourth-order valence-corrected chi connectivity index (χ4v) is 2.18. The summed E-state index contributed by atoms with van der Waals surface area (Å²) in [5.41, 5.74) is 7.33. The molecule has 82 valence electrons. The zero-order valence-corrected chi connectivity index (χ0v) is 8.71. The van der Waals surface area contributed by atoms with E-state index in [9.17, 15) is 4.39 Å². The summed E-state index contributed by atoms with van der Waals surface area (Å²) >= 11 is 0. The number of halogens is 1. The van der Waals surface area contributed by atoms with Crippen molar-refractivity contribution in [1.82, 2.24) is 0 Å². The van der Waals surface area contributed by atoms with Crippen LogP contribution in [0.15, 0.2) is 18.2 Å². The van der Waals surface area contributed by atoms with Gasteiger partial charge in [0.25, 0.3) is 0 Å². The van der Waals surface area contributed by atoms with Crippen molar-refractivity contribution in [3.8, 4) is 0 Å². The minimum atomic E-state index is -0.179. The van der Waals surface area contributed by atoms with Crippen molar-refractivity contribution in [2.75, 3.05) is 13.2 Å². The molecule has 3 heteroatoms. The molecule has 2 rings (SSSR count). The zero-order chi connectivity index (χ0) is 10.7. The summed E-state index contributed by atoms with van der Waals surface area (Å²) in [4.78, 5) is 0. The molecule has 0 unspecified atom stereocenters. The van der Waals surface area contributed by atoms with Gasteiger partial charge in [0, 0.05) is 25.3 Å². The highest BCUT2D eigenvalue weighted by atomic mass is 19.1. The smallest absolute Gasteiger partial charge is 0.127 e. The Labute approximate surface area is 89.2 Å². The molecule has 1 fully saturated rings. The monoisotopic (exact) mass is 209 g/mol. The van der Waals surface area contributed by atoms with Gasteiger partial charge in [-0.3, -0.25) is 0 Å². The van der Waals surface area contributed by atoms with E-state index in [1.54, 1.807) is 6.07 Å². The van der Waals surface area contributed by atoms with Gasteiger partial charge in [0.05, 0.1) is 0 Å². The van der Waals surface area contributed by atoms with E-state index >= 15 is 0 Å². The third kappa shape index (κ3) is 2.19. The number of hydrogen-bond acceptors (Lipinski definition) is 2. The van der Waals surface area contributed by atoms with Crippen LogP contribution in [0.5, 0.6) is 0 Å². The molecule has 1 aliphatic rings. The highest BCUT2D eigenvalue weighted by Crippen LogP contribution is 2.30. The molecule has 2 nitrogen and oxygen atoms in total. The minimum absolute atomic E-state index is 0.179. The number of benzene rings is 1. The standard InChI is InChI=1S/C12H16FNO/c13-12-3-1-2-10(11(12)8-14)9-4-6-15-7-5-9/h1-3,9H,4-8,14H2. The van der Waals surface area contributed by atoms with E-state index in [1.807, 2.05) is 6.07 Å². The van der Waals surface area contributed by atoms with Crippen LogP contribution in [-0.2, 0) is 11.3 Å². The topological polar surface area (TPSA) is 35.2 Å². The van der Waals surface area contributed by atoms with E-state index in [-0.39, 0.29) is 12.4 Å². The van der Waals surface area contributed by atoms with Crippen molar-refractivity contribution in [2.24, 2.45) is 5.73 Å². The molecule has 0 radical (unpaired) electrons. The predicted molar refractivity (Wildman–Crippen MR) is 57.1 cm³/mol. The van der Waals surface area contributed by atoms with Crippen LogP contribution in [0.25, 0.3) is 0 Å². The number of rotatable bonds is 2. The molecule has 0 bridgehead atoms. The lowest BCUT2D eigenvalue weighted by molar-refractivity contribution is 0.0851. The largest absolute Gasteiger partial charge is 0.381 e. The highest BCUT2D eigenvalue weighted by molar-refractivity contribution is 5.31. The van der Waals surface area contributed by atoms with Gasteiger partial charge >= 0.3 is 0 Å². The van der Waals surface area contributed by atoms with Crippen LogP contribution < -0.4 is 5.73 Å². The van der Waals surface area contributed by atoms with E-state index in [4.69, 9.17) is 10.5 Å². The van der Waals surface area contributed by atoms with Gasteiger partial charge in [-0.05, 0) is 30.4 Å². The van der Waals surface area contributed by atoms with Crippen molar-refractivity contribution < 1.29 is 9.13 Å². The number of nitrogens with two attached hydrogens (primary N) is 1. The quantitative estimate of drug-likeness (QED) is 0.810. The molecule has 0 saturated carbocycles. The van der Waals surface area contributed by atoms with Crippen LogP contribution in [-0.4, -0.2) is 13.2 Å². The maximum Gasteiger partial charge on any atom is 0.127 e. The van der Waals surface area contributed by atoms with Gasteiger partial charge in [-0.1, -0.05) is 12.1 Å². The van der Waals surface area contributed by atoms with Gasteiger partial charge in [-0.15, -0.1) is 0 Å². The van der Waals surface area contributed by atoms with E-state index in [0.717, 1.165) is 31.6 Å². The molecule has 1 saturated heterocycles. The second kappa shape index (κ2) is 4.73. The molecule has 0 atom stereocenters. The van der Waals surface area contributed by atoms with Gasteiger partial charge in [0.15, 0.2) is 0 Å². The molecule has 0 amide bonds. The molecular weight excluding hydrogens is 193 g/mol. The molecule has 1 aromatic carbocycles. The summed E-state index contributed by atoms with van der Waals surface area (Å²) in [7, 11) is 0. The average molecular weight is 209 g/mol. The maximum absolute atomic E-state index is 13.5. The van der Waals surface area contributed by atoms with Gasteiger partial charge in [-0.25, -0.2) is 4.39 Å². The van der Waals surface area contributed by atoms with Crippen LogP contribution in [0.2, 0.25) is 0 Å². The van der Waals surface area contributed by atoms with Crippen LogP contribution in [0.1, 0.15) is 29.9 Å².